The maximum absolute atomic E-state index is 5.24. The van der Waals surface area contributed by atoms with Gasteiger partial charge in [-0.15, -0.1) is 0 Å². The summed E-state index contributed by atoms with van der Waals surface area (Å²) in [5.74, 6) is 0. The summed E-state index contributed by atoms with van der Waals surface area (Å²) in [5, 5.41) is 1.07. The van der Waals surface area contributed by atoms with Gasteiger partial charge in [0.15, 0.2) is 0 Å². The fourth-order valence-electron chi connectivity index (χ4n) is 1.61. The predicted molar refractivity (Wildman–Crippen MR) is 58.3 cm³/mol. The largest absolute Gasteiger partial charge is 0.464 e. The molecule has 2 heteroatoms. The maximum Gasteiger partial charge on any atom is 0.141 e. The quantitative estimate of drug-likeness (QED) is 0.594. The van der Waals surface area contributed by atoms with E-state index < -0.39 is 0 Å². The van der Waals surface area contributed by atoms with Crippen LogP contribution in [-0.4, -0.2) is 4.98 Å². The molecule has 0 atom stereocenters. The number of hydrogen-bond donors (Lipinski definition) is 0. The van der Waals surface area contributed by atoms with Gasteiger partial charge in [0.25, 0.3) is 0 Å². The average Bonchev–Trinajstić information content (AvgIpc) is 2.77. The molecule has 3 rings (SSSR count). The van der Waals surface area contributed by atoms with Crippen molar-refractivity contribution in [2.24, 2.45) is 0 Å². The molecule has 2 heterocycles. The molecule has 0 saturated carbocycles. The topological polar surface area (TPSA) is 26.0 Å². The Morgan fingerprint density at radius 3 is 2.80 bits per heavy atom. The Morgan fingerprint density at radius 2 is 1.93 bits per heavy atom. The highest BCUT2D eigenvalue weighted by Crippen LogP contribution is 2.23. The number of rotatable bonds is 1. The molecule has 0 aliphatic rings. The van der Waals surface area contributed by atoms with E-state index in [2.05, 4.69) is 17.1 Å². The zero-order valence-corrected chi connectivity index (χ0v) is 7.97. The van der Waals surface area contributed by atoms with Crippen molar-refractivity contribution in [2.75, 3.05) is 0 Å². The van der Waals surface area contributed by atoms with Crippen molar-refractivity contribution in [3.05, 3.63) is 55.1 Å². The Balaban J connectivity index is 2.19. The lowest BCUT2D eigenvalue weighted by atomic mass is 10.1. The average molecular weight is 194 g/mol. The van der Waals surface area contributed by atoms with Crippen LogP contribution in [0, 0.1) is 6.07 Å². The molecule has 0 aliphatic heterocycles. The summed E-state index contributed by atoms with van der Waals surface area (Å²) in [6.45, 7) is 0. The minimum Gasteiger partial charge on any atom is -0.464 e. The lowest BCUT2D eigenvalue weighted by molar-refractivity contribution is 0.615. The van der Waals surface area contributed by atoms with E-state index in [0.29, 0.717) is 0 Å². The Bertz CT molecular complexity index is 584. The van der Waals surface area contributed by atoms with Crippen LogP contribution >= 0.6 is 0 Å². The molecule has 0 spiro atoms. The SMILES string of the molecule is [c]1cc(-c2ccncc2)cc2ccoc12. The second-order valence-electron chi connectivity index (χ2n) is 3.33. The first-order chi connectivity index (χ1) is 7.43. The van der Waals surface area contributed by atoms with Crippen LogP contribution in [-0.2, 0) is 0 Å². The number of hydrogen-bond acceptors (Lipinski definition) is 2. The molecule has 2 aromatic heterocycles. The first kappa shape index (κ1) is 8.24. The number of aromatic nitrogens is 1. The zero-order chi connectivity index (χ0) is 10.1. The summed E-state index contributed by atoms with van der Waals surface area (Å²) in [4.78, 5) is 3.99. The zero-order valence-electron chi connectivity index (χ0n) is 7.97. The van der Waals surface area contributed by atoms with Crippen molar-refractivity contribution in [1.29, 1.82) is 0 Å². The third kappa shape index (κ3) is 1.40. The minimum atomic E-state index is 0.799. The molecule has 15 heavy (non-hydrogen) atoms. The second kappa shape index (κ2) is 3.24. The van der Waals surface area contributed by atoms with Gasteiger partial charge in [-0.05, 0) is 41.5 Å². The highest BCUT2D eigenvalue weighted by atomic mass is 16.3. The van der Waals surface area contributed by atoms with Gasteiger partial charge in [0.05, 0.1) is 6.26 Å². The number of pyridine rings is 1. The molecule has 1 aromatic carbocycles. The third-order valence-corrected chi connectivity index (χ3v) is 2.38. The van der Waals surface area contributed by atoms with Crippen LogP contribution in [0.25, 0.3) is 22.1 Å². The third-order valence-electron chi connectivity index (χ3n) is 2.38. The van der Waals surface area contributed by atoms with Crippen molar-refractivity contribution < 1.29 is 4.42 Å². The van der Waals surface area contributed by atoms with Gasteiger partial charge in [-0.3, -0.25) is 4.98 Å². The smallest absolute Gasteiger partial charge is 0.141 e. The summed E-state index contributed by atoms with van der Waals surface area (Å²) < 4.78 is 5.24. The van der Waals surface area contributed by atoms with E-state index in [1.807, 2.05) is 24.3 Å². The highest BCUT2D eigenvalue weighted by Gasteiger charge is 2.00. The van der Waals surface area contributed by atoms with Gasteiger partial charge in [-0.2, -0.15) is 0 Å². The second-order valence-corrected chi connectivity index (χ2v) is 3.33. The molecule has 0 aliphatic carbocycles. The standard InChI is InChI=1S/C13H8NO/c1-2-13-12(5-8-15-13)9-11(1)10-3-6-14-7-4-10/h1,3-9H. The van der Waals surface area contributed by atoms with Crippen LogP contribution in [0.3, 0.4) is 0 Å². The molecule has 0 fully saturated rings. The lowest BCUT2D eigenvalue weighted by Gasteiger charge is -1.99. The van der Waals surface area contributed by atoms with Gasteiger partial charge in [0, 0.05) is 23.8 Å². The molecule has 3 aromatic rings. The van der Waals surface area contributed by atoms with Crippen molar-refractivity contribution in [1.82, 2.24) is 4.98 Å². The van der Waals surface area contributed by atoms with Gasteiger partial charge in [0.1, 0.15) is 5.58 Å². The van der Waals surface area contributed by atoms with E-state index in [1.165, 1.54) is 0 Å². The molecule has 2 nitrogen and oxygen atoms in total. The fraction of sp³-hybridized carbons (Fsp3) is 0. The van der Waals surface area contributed by atoms with E-state index in [4.69, 9.17) is 4.42 Å². The predicted octanol–water partition coefficient (Wildman–Crippen LogP) is 3.29. The van der Waals surface area contributed by atoms with Crippen molar-refractivity contribution in [2.45, 2.75) is 0 Å². The van der Waals surface area contributed by atoms with Gasteiger partial charge >= 0.3 is 0 Å². The molecular formula is C13H8NO. The Hall–Kier alpha value is -2.09. The van der Waals surface area contributed by atoms with Gasteiger partial charge < -0.3 is 4.42 Å². The Morgan fingerprint density at radius 1 is 1.07 bits per heavy atom. The van der Waals surface area contributed by atoms with Crippen LogP contribution < -0.4 is 0 Å². The van der Waals surface area contributed by atoms with Gasteiger partial charge in [-0.1, -0.05) is 0 Å². The van der Waals surface area contributed by atoms with Crippen LogP contribution in [0.15, 0.2) is 53.4 Å². The van der Waals surface area contributed by atoms with Crippen LogP contribution in [0.5, 0.6) is 0 Å². The summed E-state index contributed by atoms with van der Waals surface area (Å²) in [7, 11) is 0. The number of benzene rings is 1. The van der Waals surface area contributed by atoms with Gasteiger partial charge in [-0.25, -0.2) is 0 Å². The molecule has 1 radical (unpaired) electrons. The monoisotopic (exact) mass is 194 g/mol. The Kier molecular flexibility index (Phi) is 1.78. The summed E-state index contributed by atoms with van der Waals surface area (Å²) in [5.41, 5.74) is 3.07. The summed E-state index contributed by atoms with van der Waals surface area (Å²) in [6, 6.07) is 13.0. The van der Waals surface area contributed by atoms with Crippen LogP contribution in [0.4, 0.5) is 0 Å². The molecule has 0 unspecified atom stereocenters. The molecule has 0 N–H and O–H groups in total. The normalized spacial score (nSPS) is 10.7. The van der Waals surface area contributed by atoms with Crippen molar-refractivity contribution in [3.63, 3.8) is 0 Å². The summed E-state index contributed by atoms with van der Waals surface area (Å²) >= 11 is 0. The van der Waals surface area contributed by atoms with E-state index in [-0.39, 0.29) is 0 Å². The molecule has 71 valence electrons. The van der Waals surface area contributed by atoms with E-state index in [9.17, 15) is 0 Å². The van der Waals surface area contributed by atoms with Gasteiger partial charge in [0.2, 0.25) is 0 Å². The Labute approximate surface area is 87.2 Å². The number of nitrogens with zero attached hydrogens (tertiary/aromatic N) is 1. The first-order valence-corrected chi connectivity index (χ1v) is 4.73. The van der Waals surface area contributed by atoms with E-state index >= 15 is 0 Å². The van der Waals surface area contributed by atoms with E-state index in [1.54, 1.807) is 18.7 Å². The van der Waals surface area contributed by atoms with E-state index in [0.717, 1.165) is 22.1 Å². The fourth-order valence-corrected chi connectivity index (χ4v) is 1.61. The van der Waals surface area contributed by atoms with Crippen LogP contribution in [0.1, 0.15) is 0 Å². The summed E-state index contributed by atoms with van der Waals surface area (Å²) in [6.07, 6.45) is 5.25. The first-order valence-electron chi connectivity index (χ1n) is 4.73. The molecule has 0 saturated heterocycles. The van der Waals surface area contributed by atoms with Crippen molar-refractivity contribution in [3.8, 4) is 11.1 Å². The minimum absolute atomic E-state index is 0.799. The molecular weight excluding hydrogens is 186 g/mol. The highest BCUT2D eigenvalue weighted by molar-refractivity contribution is 5.82. The molecule has 0 amide bonds. The lowest BCUT2D eigenvalue weighted by Crippen LogP contribution is -1.77. The maximum atomic E-state index is 5.24. The molecule has 0 bridgehead atoms. The van der Waals surface area contributed by atoms with Crippen LogP contribution in [0.2, 0.25) is 0 Å². The number of furan rings is 1. The van der Waals surface area contributed by atoms with Crippen molar-refractivity contribution >= 4 is 11.0 Å². The number of fused-ring (bicyclic) bond motifs is 1.